The molecule has 0 aliphatic carbocycles. The lowest BCUT2D eigenvalue weighted by atomic mass is 10.1. The topological polar surface area (TPSA) is 47.6 Å². The first-order valence-corrected chi connectivity index (χ1v) is 8.23. The molecule has 2 aliphatic rings. The highest BCUT2D eigenvalue weighted by atomic mass is 79.9. The minimum Gasteiger partial charge on any atom is -0.324 e. The van der Waals surface area contributed by atoms with E-state index in [-0.39, 0.29) is 5.91 Å². The molecule has 2 aliphatic heterocycles. The summed E-state index contributed by atoms with van der Waals surface area (Å²) >= 11 is 3.45. The van der Waals surface area contributed by atoms with E-state index in [0.29, 0.717) is 12.6 Å². The van der Waals surface area contributed by atoms with Gasteiger partial charge >= 0.3 is 0 Å². The molecule has 0 spiro atoms. The van der Waals surface area contributed by atoms with Gasteiger partial charge < -0.3 is 10.6 Å². The third-order valence-corrected chi connectivity index (χ3v) is 4.89. The van der Waals surface area contributed by atoms with Crippen molar-refractivity contribution in [1.82, 2.24) is 15.1 Å². The van der Waals surface area contributed by atoms with E-state index in [1.54, 1.807) is 0 Å². The molecule has 3 rings (SSSR count). The number of nitrogens with one attached hydrogen (secondary N) is 2. The highest BCUT2D eigenvalue weighted by molar-refractivity contribution is 9.10. The average Bonchev–Trinajstić information content (AvgIpc) is 2.42. The maximum atomic E-state index is 12.1. The SMILES string of the molecule is O=C(CN1CCN(C2CNC2)CC1)Nc1ccccc1Br. The van der Waals surface area contributed by atoms with Gasteiger partial charge in [0, 0.05) is 49.8 Å². The summed E-state index contributed by atoms with van der Waals surface area (Å²) in [7, 11) is 0. The van der Waals surface area contributed by atoms with Gasteiger partial charge in [0.15, 0.2) is 0 Å². The van der Waals surface area contributed by atoms with Crippen LogP contribution in [0.15, 0.2) is 28.7 Å². The number of rotatable bonds is 4. The Bertz CT molecular complexity index is 498. The third kappa shape index (κ3) is 3.83. The summed E-state index contributed by atoms with van der Waals surface area (Å²) in [6, 6.07) is 8.41. The van der Waals surface area contributed by atoms with E-state index in [2.05, 4.69) is 36.4 Å². The number of nitrogens with zero attached hydrogens (tertiary/aromatic N) is 2. The molecule has 6 heteroatoms. The number of para-hydroxylation sites is 1. The molecule has 0 saturated carbocycles. The van der Waals surface area contributed by atoms with Crippen molar-refractivity contribution in [3.63, 3.8) is 0 Å². The first kappa shape index (κ1) is 15.0. The predicted octanol–water partition coefficient (Wildman–Crippen LogP) is 0.977. The molecule has 2 saturated heterocycles. The highest BCUT2D eigenvalue weighted by Crippen LogP contribution is 2.21. The molecule has 2 fully saturated rings. The van der Waals surface area contributed by atoms with E-state index >= 15 is 0 Å². The molecule has 2 heterocycles. The number of halogens is 1. The van der Waals surface area contributed by atoms with Crippen molar-refractivity contribution in [3.05, 3.63) is 28.7 Å². The number of benzene rings is 1. The number of carbonyl (C=O) groups excluding carboxylic acids is 1. The molecular formula is C15H21BrN4O. The van der Waals surface area contributed by atoms with Crippen molar-refractivity contribution in [2.24, 2.45) is 0 Å². The molecule has 0 aromatic heterocycles. The fourth-order valence-corrected chi connectivity index (χ4v) is 3.16. The van der Waals surface area contributed by atoms with Crippen LogP contribution in [-0.4, -0.2) is 67.6 Å². The van der Waals surface area contributed by atoms with E-state index < -0.39 is 0 Å². The number of piperazine rings is 1. The van der Waals surface area contributed by atoms with E-state index in [9.17, 15) is 4.79 Å². The number of hydrogen-bond acceptors (Lipinski definition) is 4. The van der Waals surface area contributed by atoms with Crippen molar-refractivity contribution < 1.29 is 4.79 Å². The zero-order chi connectivity index (χ0) is 14.7. The van der Waals surface area contributed by atoms with Crippen LogP contribution in [0.1, 0.15) is 0 Å². The summed E-state index contributed by atoms with van der Waals surface area (Å²) in [5.41, 5.74) is 0.835. The van der Waals surface area contributed by atoms with Crippen LogP contribution in [0.25, 0.3) is 0 Å². The minimum atomic E-state index is 0.0562. The lowest BCUT2D eigenvalue weighted by molar-refractivity contribution is -0.117. The number of hydrogen-bond donors (Lipinski definition) is 2. The molecule has 0 unspecified atom stereocenters. The molecule has 114 valence electrons. The second-order valence-corrected chi connectivity index (χ2v) is 6.51. The van der Waals surface area contributed by atoms with Gasteiger partial charge in [-0.2, -0.15) is 0 Å². The smallest absolute Gasteiger partial charge is 0.238 e. The Morgan fingerprint density at radius 1 is 1.24 bits per heavy atom. The lowest BCUT2D eigenvalue weighted by Crippen LogP contribution is -2.61. The summed E-state index contributed by atoms with van der Waals surface area (Å²) in [6.07, 6.45) is 0. The largest absolute Gasteiger partial charge is 0.324 e. The van der Waals surface area contributed by atoms with E-state index in [1.165, 1.54) is 0 Å². The molecule has 0 radical (unpaired) electrons. The first-order valence-electron chi connectivity index (χ1n) is 7.44. The van der Waals surface area contributed by atoms with Gasteiger partial charge in [0.25, 0.3) is 0 Å². The minimum absolute atomic E-state index is 0.0562. The molecule has 1 aromatic carbocycles. The zero-order valence-corrected chi connectivity index (χ0v) is 13.6. The van der Waals surface area contributed by atoms with Gasteiger partial charge in [-0.15, -0.1) is 0 Å². The Morgan fingerprint density at radius 3 is 2.57 bits per heavy atom. The quantitative estimate of drug-likeness (QED) is 0.847. The van der Waals surface area contributed by atoms with Crippen LogP contribution in [0.2, 0.25) is 0 Å². The van der Waals surface area contributed by atoms with Gasteiger partial charge in [0.05, 0.1) is 12.2 Å². The Labute approximate surface area is 133 Å². The van der Waals surface area contributed by atoms with Crippen LogP contribution in [0, 0.1) is 0 Å². The van der Waals surface area contributed by atoms with E-state index in [4.69, 9.17) is 0 Å². The molecule has 2 N–H and O–H groups in total. The lowest BCUT2D eigenvalue weighted by Gasteiger charge is -2.43. The van der Waals surface area contributed by atoms with Crippen LogP contribution in [0.3, 0.4) is 0 Å². The number of carbonyl (C=O) groups is 1. The normalized spacial score (nSPS) is 21.0. The first-order chi connectivity index (χ1) is 10.2. The number of amides is 1. The fraction of sp³-hybridized carbons (Fsp3) is 0.533. The van der Waals surface area contributed by atoms with Gasteiger partial charge in [-0.3, -0.25) is 14.6 Å². The van der Waals surface area contributed by atoms with Crippen molar-refractivity contribution in [1.29, 1.82) is 0 Å². The van der Waals surface area contributed by atoms with Crippen LogP contribution < -0.4 is 10.6 Å². The Morgan fingerprint density at radius 2 is 1.95 bits per heavy atom. The summed E-state index contributed by atoms with van der Waals surface area (Å²) in [4.78, 5) is 16.9. The summed E-state index contributed by atoms with van der Waals surface area (Å²) in [6.45, 7) is 6.77. The van der Waals surface area contributed by atoms with Gasteiger partial charge in [0.1, 0.15) is 0 Å². The second-order valence-electron chi connectivity index (χ2n) is 5.65. The average molecular weight is 353 g/mol. The van der Waals surface area contributed by atoms with Crippen LogP contribution >= 0.6 is 15.9 Å². The molecule has 1 amide bonds. The maximum absolute atomic E-state index is 12.1. The van der Waals surface area contributed by atoms with E-state index in [1.807, 2.05) is 24.3 Å². The van der Waals surface area contributed by atoms with Crippen LogP contribution in [0.5, 0.6) is 0 Å². The monoisotopic (exact) mass is 352 g/mol. The molecule has 5 nitrogen and oxygen atoms in total. The van der Waals surface area contributed by atoms with Crippen molar-refractivity contribution in [3.8, 4) is 0 Å². The Hall–Kier alpha value is -0.950. The fourth-order valence-electron chi connectivity index (χ4n) is 2.77. The van der Waals surface area contributed by atoms with Crippen molar-refractivity contribution in [2.75, 3.05) is 51.1 Å². The Balaban J connectivity index is 1.44. The van der Waals surface area contributed by atoms with Gasteiger partial charge in [-0.1, -0.05) is 12.1 Å². The summed E-state index contributed by atoms with van der Waals surface area (Å²) in [5, 5.41) is 6.27. The predicted molar refractivity (Wildman–Crippen MR) is 87.4 cm³/mol. The summed E-state index contributed by atoms with van der Waals surface area (Å²) in [5.74, 6) is 0.0562. The van der Waals surface area contributed by atoms with Gasteiger partial charge in [-0.25, -0.2) is 0 Å². The Kier molecular flexibility index (Phi) is 4.90. The third-order valence-electron chi connectivity index (χ3n) is 4.20. The van der Waals surface area contributed by atoms with E-state index in [0.717, 1.165) is 49.4 Å². The molecular weight excluding hydrogens is 332 g/mol. The second kappa shape index (κ2) is 6.87. The number of anilines is 1. The molecule has 21 heavy (non-hydrogen) atoms. The van der Waals surface area contributed by atoms with Gasteiger partial charge in [-0.05, 0) is 28.1 Å². The van der Waals surface area contributed by atoms with Gasteiger partial charge in [0.2, 0.25) is 5.91 Å². The van der Waals surface area contributed by atoms with Crippen LogP contribution in [0.4, 0.5) is 5.69 Å². The van der Waals surface area contributed by atoms with Crippen LogP contribution in [-0.2, 0) is 4.79 Å². The molecule has 1 aromatic rings. The standard InChI is InChI=1S/C15H21BrN4O/c16-13-3-1-2-4-14(13)18-15(21)11-19-5-7-20(8-6-19)12-9-17-10-12/h1-4,12,17H,5-11H2,(H,18,21). The zero-order valence-electron chi connectivity index (χ0n) is 12.0. The van der Waals surface area contributed by atoms with Crippen molar-refractivity contribution in [2.45, 2.75) is 6.04 Å². The molecule has 0 bridgehead atoms. The summed E-state index contributed by atoms with van der Waals surface area (Å²) < 4.78 is 0.917. The van der Waals surface area contributed by atoms with Crippen molar-refractivity contribution >= 4 is 27.5 Å². The maximum Gasteiger partial charge on any atom is 0.238 e. The molecule has 0 atom stereocenters. The highest BCUT2D eigenvalue weighted by Gasteiger charge is 2.28.